The number of carbonyl (C=O) groups excluding carboxylic acids is 2. The average Bonchev–Trinajstić information content (AvgIpc) is 3.23. The van der Waals surface area contributed by atoms with Gasteiger partial charge in [0.2, 0.25) is 11.8 Å². The fourth-order valence-electron chi connectivity index (χ4n) is 6.42. The highest BCUT2D eigenvalue weighted by Crippen LogP contribution is 2.43. The molecule has 0 bridgehead atoms. The summed E-state index contributed by atoms with van der Waals surface area (Å²) in [6.45, 7) is 5.67. The van der Waals surface area contributed by atoms with Crippen LogP contribution in [0.3, 0.4) is 0 Å². The number of fused-ring (bicyclic) bond motifs is 2. The summed E-state index contributed by atoms with van der Waals surface area (Å²) in [6.07, 6.45) is 14.5. The largest absolute Gasteiger partial charge is 0.343 e. The summed E-state index contributed by atoms with van der Waals surface area (Å²) in [4.78, 5) is 31.3. The van der Waals surface area contributed by atoms with E-state index in [4.69, 9.17) is 0 Å². The number of benzene rings is 1. The van der Waals surface area contributed by atoms with Gasteiger partial charge in [-0.3, -0.25) is 14.5 Å². The number of rotatable bonds is 8. The summed E-state index contributed by atoms with van der Waals surface area (Å²) in [5.74, 6) is 0.820. The fourth-order valence-corrected chi connectivity index (χ4v) is 6.42. The molecule has 4 rings (SSSR count). The second-order valence-electron chi connectivity index (χ2n) is 11.5. The van der Waals surface area contributed by atoms with Gasteiger partial charge in [0.1, 0.15) is 6.04 Å². The van der Waals surface area contributed by atoms with Crippen molar-refractivity contribution in [2.45, 2.75) is 89.1 Å². The van der Waals surface area contributed by atoms with Crippen molar-refractivity contribution in [2.75, 3.05) is 27.2 Å². The Morgan fingerprint density at radius 1 is 1.11 bits per heavy atom. The molecule has 1 spiro atoms. The molecule has 1 saturated heterocycles. The van der Waals surface area contributed by atoms with Crippen LogP contribution in [0.4, 0.5) is 0 Å². The average molecular weight is 480 g/mol. The number of allylic oxidation sites excluding steroid dienone is 1. The monoisotopic (exact) mass is 479 g/mol. The van der Waals surface area contributed by atoms with Crippen molar-refractivity contribution in [3.63, 3.8) is 0 Å². The fraction of sp³-hybridized carbons (Fsp3) is 0.667. The van der Waals surface area contributed by atoms with Crippen molar-refractivity contribution >= 4 is 17.9 Å². The molecule has 3 aliphatic rings. The highest BCUT2D eigenvalue weighted by molar-refractivity contribution is 5.90. The van der Waals surface area contributed by atoms with E-state index >= 15 is 0 Å². The first-order valence-electron chi connectivity index (χ1n) is 13.9. The lowest BCUT2D eigenvalue weighted by molar-refractivity contribution is -0.140. The van der Waals surface area contributed by atoms with Gasteiger partial charge in [-0.2, -0.15) is 0 Å². The van der Waals surface area contributed by atoms with Gasteiger partial charge in [0.15, 0.2) is 0 Å². The third-order valence-electron chi connectivity index (χ3n) is 9.03. The summed E-state index contributed by atoms with van der Waals surface area (Å²) in [5, 5.41) is 3.23. The summed E-state index contributed by atoms with van der Waals surface area (Å²) in [6, 6.07) is 8.00. The summed E-state index contributed by atoms with van der Waals surface area (Å²) in [5.41, 5.74) is 2.76. The molecule has 35 heavy (non-hydrogen) atoms. The number of piperidine rings is 1. The molecule has 2 fully saturated rings. The lowest BCUT2D eigenvalue weighted by Crippen LogP contribution is -2.57. The number of nitrogens with one attached hydrogen (secondary N) is 1. The molecule has 5 nitrogen and oxygen atoms in total. The van der Waals surface area contributed by atoms with Crippen molar-refractivity contribution in [2.24, 2.45) is 11.8 Å². The minimum atomic E-state index is -0.457. The molecule has 1 aromatic carbocycles. The molecule has 1 saturated carbocycles. The van der Waals surface area contributed by atoms with E-state index in [9.17, 15) is 9.59 Å². The number of likely N-dealkylation sites (N-methyl/N-ethyl adjacent to an activating group) is 1. The van der Waals surface area contributed by atoms with Crippen LogP contribution in [0.15, 0.2) is 30.3 Å². The first kappa shape index (κ1) is 25.9. The predicted molar refractivity (Wildman–Crippen MR) is 143 cm³/mol. The molecule has 1 N–H and O–H groups in total. The van der Waals surface area contributed by atoms with Crippen LogP contribution >= 0.6 is 0 Å². The molecule has 0 aromatic heterocycles. The summed E-state index contributed by atoms with van der Waals surface area (Å²) < 4.78 is 0. The molecule has 0 radical (unpaired) electrons. The van der Waals surface area contributed by atoms with Crippen LogP contribution in [0.5, 0.6) is 0 Å². The Morgan fingerprint density at radius 3 is 2.46 bits per heavy atom. The highest BCUT2D eigenvalue weighted by atomic mass is 16.2. The second-order valence-corrected chi connectivity index (χ2v) is 11.5. The van der Waals surface area contributed by atoms with Crippen LogP contribution in [0.25, 0.3) is 6.08 Å². The van der Waals surface area contributed by atoms with Gasteiger partial charge in [0.05, 0.1) is 6.04 Å². The molecule has 1 aromatic rings. The van der Waals surface area contributed by atoms with Crippen molar-refractivity contribution in [1.82, 2.24) is 15.1 Å². The zero-order chi connectivity index (χ0) is 25.0. The lowest BCUT2D eigenvalue weighted by Gasteiger charge is -2.41. The Labute approximate surface area is 212 Å². The van der Waals surface area contributed by atoms with E-state index < -0.39 is 6.04 Å². The van der Waals surface area contributed by atoms with E-state index in [-0.39, 0.29) is 29.2 Å². The molecule has 2 aliphatic carbocycles. The molecule has 192 valence electrons. The Bertz CT molecular complexity index is 910. The van der Waals surface area contributed by atoms with E-state index in [0.717, 1.165) is 38.8 Å². The normalized spacial score (nSPS) is 22.1. The van der Waals surface area contributed by atoms with Gasteiger partial charge in [0, 0.05) is 18.5 Å². The predicted octanol–water partition coefficient (Wildman–Crippen LogP) is 5.01. The maximum absolute atomic E-state index is 13.7. The minimum Gasteiger partial charge on any atom is -0.343 e. The van der Waals surface area contributed by atoms with E-state index in [2.05, 4.69) is 55.6 Å². The van der Waals surface area contributed by atoms with Gasteiger partial charge in [-0.15, -0.1) is 0 Å². The molecule has 3 atom stereocenters. The van der Waals surface area contributed by atoms with Crippen molar-refractivity contribution in [3.05, 3.63) is 41.5 Å². The Balaban J connectivity index is 1.41. The maximum Gasteiger partial charge on any atom is 0.245 e. The second kappa shape index (κ2) is 11.3. The number of likely N-dealkylation sites (tertiary alicyclic amines) is 1. The Kier molecular flexibility index (Phi) is 8.36. The number of nitrogens with zero attached hydrogens (tertiary/aromatic N) is 2. The van der Waals surface area contributed by atoms with Crippen LogP contribution in [-0.2, 0) is 15.0 Å². The molecular weight excluding hydrogens is 434 g/mol. The maximum atomic E-state index is 13.7. The van der Waals surface area contributed by atoms with Crippen LogP contribution in [-0.4, -0.2) is 60.9 Å². The van der Waals surface area contributed by atoms with Gasteiger partial charge < -0.3 is 10.2 Å². The van der Waals surface area contributed by atoms with Gasteiger partial charge in [-0.1, -0.05) is 88.8 Å². The molecule has 2 amide bonds. The zero-order valence-electron chi connectivity index (χ0n) is 22.3. The quantitative estimate of drug-likeness (QED) is 0.571. The topological polar surface area (TPSA) is 52.7 Å². The van der Waals surface area contributed by atoms with E-state index in [1.165, 1.54) is 43.2 Å². The SMILES string of the molecule is CC[C@H](C)[C@H](NC(=O)[C@H](CC1CCCCC1)N(C)C)C(=O)N1CCC2(C=Cc3ccccc32)CC1. The molecule has 0 unspecified atom stereocenters. The third kappa shape index (κ3) is 5.66. The number of hydrogen-bond acceptors (Lipinski definition) is 3. The van der Waals surface area contributed by atoms with Crippen molar-refractivity contribution in [3.8, 4) is 0 Å². The number of hydrogen-bond donors (Lipinski definition) is 1. The smallest absolute Gasteiger partial charge is 0.245 e. The first-order valence-corrected chi connectivity index (χ1v) is 13.9. The van der Waals surface area contributed by atoms with Gasteiger partial charge in [0.25, 0.3) is 0 Å². The van der Waals surface area contributed by atoms with E-state index in [1.54, 1.807) is 0 Å². The van der Waals surface area contributed by atoms with Crippen molar-refractivity contribution < 1.29 is 9.59 Å². The Hall–Kier alpha value is -2.14. The highest BCUT2D eigenvalue weighted by Gasteiger charge is 2.41. The summed E-state index contributed by atoms with van der Waals surface area (Å²) in [7, 11) is 3.98. The van der Waals surface area contributed by atoms with Gasteiger partial charge in [-0.25, -0.2) is 0 Å². The standard InChI is InChI=1S/C30H45N3O2/c1-5-22(2)27(31-28(34)26(32(3)4)21-23-11-7-6-8-12-23)29(35)33-19-17-30(18-20-33)16-15-24-13-9-10-14-25(24)30/h9-10,13-16,22-23,26-27H,5-8,11-12,17-21H2,1-4H3,(H,31,34)/t22-,26-,27-/m0/s1. The molecule has 1 heterocycles. The lowest BCUT2D eigenvalue weighted by atomic mass is 9.74. The number of amides is 2. The van der Waals surface area contributed by atoms with Crippen LogP contribution < -0.4 is 5.32 Å². The Morgan fingerprint density at radius 2 is 1.80 bits per heavy atom. The summed E-state index contributed by atoms with van der Waals surface area (Å²) >= 11 is 0. The van der Waals surface area contributed by atoms with Crippen LogP contribution in [0.1, 0.15) is 82.8 Å². The van der Waals surface area contributed by atoms with E-state index in [1.807, 2.05) is 23.9 Å². The van der Waals surface area contributed by atoms with Gasteiger partial charge in [-0.05, 0) is 56.3 Å². The number of carbonyl (C=O) groups is 2. The van der Waals surface area contributed by atoms with E-state index in [0.29, 0.717) is 5.92 Å². The van der Waals surface area contributed by atoms with Gasteiger partial charge >= 0.3 is 0 Å². The molecular formula is C30H45N3O2. The third-order valence-corrected chi connectivity index (χ3v) is 9.03. The zero-order valence-corrected chi connectivity index (χ0v) is 22.3. The minimum absolute atomic E-state index is 0.0142. The first-order chi connectivity index (χ1) is 16.8. The van der Waals surface area contributed by atoms with Crippen molar-refractivity contribution in [1.29, 1.82) is 0 Å². The van der Waals surface area contributed by atoms with Crippen LogP contribution in [0, 0.1) is 11.8 Å². The molecule has 5 heteroatoms. The van der Waals surface area contributed by atoms with Crippen LogP contribution in [0.2, 0.25) is 0 Å². The molecule has 1 aliphatic heterocycles.